The molecule has 3 N–H and O–H groups in total. The molecule has 9 nitrogen and oxygen atoms in total. The van der Waals surface area contributed by atoms with Crippen LogP contribution in [-0.2, 0) is 21.4 Å². The third-order valence-corrected chi connectivity index (χ3v) is 5.85. The van der Waals surface area contributed by atoms with Crippen LogP contribution in [0.1, 0.15) is 5.56 Å². The van der Waals surface area contributed by atoms with E-state index in [2.05, 4.69) is 16.0 Å². The fourth-order valence-electron chi connectivity index (χ4n) is 2.51. The van der Waals surface area contributed by atoms with Crippen LogP contribution >= 0.6 is 0 Å². The predicted molar refractivity (Wildman–Crippen MR) is 104 cm³/mol. The number of hydrogen-bond donors (Lipinski definition) is 3. The van der Waals surface area contributed by atoms with E-state index < -0.39 is 16.1 Å². The Morgan fingerprint density at radius 3 is 2.57 bits per heavy atom. The summed E-state index contributed by atoms with van der Waals surface area (Å²) in [5, 5.41) is 8.03. The van der Waals surface area contributed by atoms with Gasteiger partial charge in [-0.1, -0.05) is 12.1 Å². The van der Waals surface area contributed by atoms with Crippen LogP contribution in [0.5, 0.6) is 5.75 Å². The lowest BCUT2D eigenvalue weighted by molar-refractivity contribution is -0.118. The average Bonchev–Trinajstić information content (AvgIpc) is 2.66. The lowest BCUT2D eigenvalue weighted by Crippen LogP contribution is -2.29. The standard InChI is InChI=1S/C18H20N4O5S/c1-22(2)28(25,26)14-6-3-12(4-7-14)10-19-18(24)20-13-5-8-16-15(9-13)21-17(23)11-27-16/h3-9H,10-11H2,1-2H3,(H,21,23)(H2,19,20,24). The van der Waals surface area contributed by atoms with E-state index in [4.69, 9.17) is 4.74 Å². The molecule has 1 aliphatic rings. The van der Waals surface area contributed by atoms with Crippen molar-refractivity contribution >= 4 is 33.3 Å². The van der Waals surface area contributed by atoms with Crippen molar-refractivity contribution in [3.05, 3.63) is 48.0 Å². The Balaban J connectivity index is 1.57. The number of sulfonamides is 1. The molecule has 0 fully saturated rings. The largest absolute Gasteiger partial charge is 0.482 e. The number of carbonyl (C=O) groups excluding carboxylic acids is 2. The Bertz CT molecular complexity index is 1000. The van der Waals surface area contributed by atoms with Gasteiger partial charge in [0.1, 0.15) is 5.75 Å². The number of benzene rings is 2. The molecule has 28 heavy (non-hydrogen) atoms. The first-order chi connectivity index (χ1) is 13.3. The molecular weight excluding hydrogens is 384 g/mol. The van der Waals surface area contributed by atoms with Gasteiger partial charge < -0.3 is 20.7 Å². The maximum Gasteiger partial charge on any atom is 0.319 e. The second kappa shape index (κ2) is 7.87. The quantitative estimate of drug-likeness (QED) is 0.700. The van der Waals surface area contributed by atoms with Gasteiger partial charge in [0, 0.05) is 26.3 Å². The van der Waals surface area contributed by atoms with Gasteiger partial charge >= 0.3 is 6.03 Å². The van der Waals surface area contributed by atoms with Gasteiger partial charge in [-0.2, -0.15) is 0 Å². The van der Waals surface area contributed by atoms with E-state index in [1.807, 2.05) is 0 Å². The number of anilines is 2. The molecule has 0 aromatic heterocycles. The second-order valence-corrected chi connectivity index (χ2v) is 8.44. The highest BCUT2D eigenvalue weighted by Crippen LogP contribution is 2.30. The van der Waals surface area contributed by atoms with Crippen molar-refractivity contribution in [3.63, 3.8) is 0 Å². The number of carbonyl (C=O) groups is 2. The van der Waals surface area contributed by atoms with Crippen molar-refractivity contribution in [1.29, 1.82) is 0 Å². The summed E-state index contributed by atoms with van der Waals surface area (Å²) < 4.78 is 30.5. The van der Waals surface area contributed by atoms with Crippen molar-refractivity contribution in [2.75, 3.05) is 31.3 Å². The van der Waals surface area contributed by atoms with Crippen LogP contribution in [0.3, 0.4) is 0 Å². The zero-order chi connectivity index (χ0) is 20.3. The predicted octanol–water partition coefficient (Wildman–Crippen LogP) is 1.59. The molecule has 0 saturated heterocycles. The molecule has 1 heterocycles. The molecule has 0 unspecified atom stereocenters. The fourth-order valence-corrected chi connectivity index (χ4v) is 3.41. The van der Waals surface area contributed by atoms with Crippen LogP contribution in [0.4, 0.5) is 16.2 Å². The molecule has 0 aliphatic carbocycles. The summed E-state index contributed by atoms with van der Waals surface area (Å²) in [5.41, 5.74) is 1.74. The Morgan fingerprint density at radius 1 is 1.18 bits per heavy atom. The summed E-state index contributed by atoms with van der Waals surface area (Å²) in [6, 6.07) is 10.8. The van der Waals surface area contributed by atoms with E-state index in [9.17, 15) is 18.0 Å². The molecule has 0 atom stereocenters. The fraction of sp³-hybridized carbons (Fsp3) is 0.222. The number of nitrogens with zero attached hydrogens (tertiary/aromatic N) is 1. The first-order valence-electron chi connectivity index (χ1n) is 8.39. The van der Waals surface area contributed by atoms with Gasteiger partial charge in [-0.25, -0.2) is 17.5 Å². The average molecular weight is 404 g/mol. The summed E-state index contributed by atoms with van der Waals surface area (Å²) in [6.45, 7) is 0.188. The van der Waals surface area contributed by atoms with E-state index in [1.54, 1.807) is 30.3 Å². The van der Waals surface area contributed by atoms with Crippen molar-refractivity contribution in [1.82, 2.24) is 9.62 Å². The van der Waals surface area contributed by atoms with Crippen LogP contribution < -0.4 is 20.7 Å². The number of urea groups is 1. The molecule has 10 heteroatoms. The first-order valence-corrected chi connectivity index (χ1v) is 9.83. The van der Waals surface area contributed by atoms with Crippen LogP contribution in [0, 0.1) is 0 Å². The number of nitrogens with one attached hydrogen (secondary N) is 3. The van der Waals surface area contributed by atoms with E-state index in [1.165, 1.54) is 26.2 Å². The zero-order valence-electron chi connectivity index (χ0n) is 15.4. The molecule has 148 valence electrons. The Morgan fingerprint density at radius 2 is 1.89 bits per heavy atom. The topological polar surface area (TPSA) is 117 Å². The van der Waals surface area contributed by atoms with Gasteiger partial charge in [0.05, 0.1) is 10.6 Å². The number of ether oxygens (including phenoxy) is 1. The molecule has 2 aromatic carbocycles. The number of amides is 3. The zero-order valence-corrected chi connectivity index (χ0v) is 16.2. The highest BCUT2D eigenvalue weighted by atomic mass is 32.2. The molecule has 0 bridgehead atoms. The summed E-state index contributed by atoms with van der Waals surface area (Å²) >= 11 is 0. The third kappa shape index (κ3) is 4.41. The number of fused-ring (bicyclic) bond motifs is 1. The minimum atomic E-state index is -3.48. The van der Waals surface area contributed by atoms with Crippen molar-refractivity contribution in [2.45, 2.75) is 11.4 Å². The maximum atomic E-state index is 12.1. The molecule has 0 radical (unpaired) electrons. The van der Waals surface area contributed by atoms with Gasteiger partial charge in [-0.15, -0.1) is 0 Å². The summed E-state index contributed by atoms with van der Waals surface area (Å²) in [6.07, 6.45) is 0. The summed E-state index contributed by atoms with van der Waals surface area (Å²) in [4.78, 5) is 23.6. The van der Waals surface area contributed by atoms with E-state index in [-0.39, 0.29) is 24.0 Å². The molecule has 0 saturated carbocycles. The van der Waals surface area contributed by atoms with Crippen LogP contribution in [0.15, 0.2) is 47.4 Å². The monoisotopic (exact) mass is 404 g/mol. The lowest BCUT2D eigenvalue weighted by atomic mass is 10.2. The van der Waals surface area contributed by atoms with Gasteiger partial charge in [0.15, 0.2) is 6.61 Å². The number of hydrogen-bond acceptors (Lipinski definition) is 5. The van der Waals surface area contributed by atoms with Crippen molar-refractivity contribution in [3.8, 4) is 5.75 Å². The molecular formula is C18H20N4O5S. The van der Waals surface area contributed by atoms with Crippen molar-refractivity contribution < 1.29 is 22.7 Å². The molecule has 3 amide bonds. The Labute approximate surface area is 162 Å². The van der Waals surface area contributed by atoms with Gasteiger partial charge in [0.25, 0.3) is 5.91 Å². The van der Waals surface area contributed by atoms with Crippen LogP contribution in [-0.4, -0.2) is 45.4 Å². The minimum absolute atomic E-state index is 0.0328. The van der Waals surface area contributed by atoms with Crippen LogP contribution in [0.25, 0.3) is 0 Å². The molecule has 1 aliphatic heterocycles. The first kappa shape index (κ1) is 19.6. The molecule has 3 rings (SSSR count). The van der Waals surface area contributed by atoms with Gasteiger partial charge in [0.2, 0.25) is 10.0 Å². The third-order valence-electron chi connectivity index (χ3n) is 4.03. The van der Waals surface area contributed by atoms with E-state index in [0.717, 1.165) is 9.87 Å². The Kier molecular flexibility index (Phi) is 5.52. The smallest absolute Gasteiger partial charge is 0.319 e. The highest BCUT2D eigenvalue weighted by molar-refractivity contribution is 7.89. The summed E-state index contributed by atoms with van der Waals surface area (Å²) in [5.74, 6) is 0.284. The SMILES string of the molecule is CN(C)S(=O)(=O)c1ccc(CNC(=O)Nc2ccc3c(c2)NC(=O)CO3)cc1. The maximum absolute atomic E-state index is 12.1. The highest BCUT2D eigenvalue weighted by Gasteiger charge is 2.17. The second-order valence-electron chi connectivity index (χ2n) is 6.29. The van der Waals surface area contributed by atoms with Gasteiger partial charge in [-0.05, 0) is 35.9 Å². The van der Waals surface area contributed by atoms with Gasteiger partial charge in [-0.3, -0.25) is 4.79 Å². The molecule has 0 spiro atoms. The van der Waals surface area contributed by atoms with E-state index >= 15 is 0 Å². The normalized spacial score (nSPS) is 13.3. The van der Waals surface area contributed by atoms with Crippen LogP contribution in [0.2, 0.25) is 0 Å². The Hall–Kier alpha value is -3.11. The molecule has 2 aromatic rings. The van der Waals surface area contributed by atoms with Crippen molar-refractivity contribution in [2.24, 2.45) is 0 Å². The lowest BCUT2D eigenvalue weighted by Gasteiger charge is -2.18. The minimum Gasteiger partial charge on any atom is -0.482 e. The van der Waals surface area contributed by atoms with E-state index in [0.29, 0.717) is 17.1 Å². The summed E-state index contributed by atoms with van der Waals surface area (Å²) in [7, 11) is -0.552. The number of rotatable bonds is 5.